The average molecular weight is 220 g/mol. The van der Waals surface area contributed by atoms with Crippen LogP contribution in [0.1, 0.15) is 24.5 Å². The van der Waals surface area contributed by atoms with Crippen LogP contribution in [-0.4, -0.2) is 32.1 Å². The van der Waals surface area contributed by atoms with Crippen LogP contribution in [-0.2, 0) is 11.3 Å². The fourth-order valence-electron chi connectivity index (χ4n) is 1.38. The minimum absolute atomic E-state index is 0.0737. The van der Waals surface area contributed by atoms with Gasteiger partial charge in [-0.15, -0.1) is 0 Å². The number of ether oxygens (including phenoxy) is 1. The van der Waals surface area contributed by atoms with Crippen LogP contribution in [0, 0.1) is 0 Å². The van der Waals surface area contributed by atoms with Gasteiger partial charge in [-0.1, -0.05) is 0 Å². The summed E-state index contributed by atoms with van der Waals surface area (Å²) in [5.41, 5.74) is 1.33. The zero-order valence-electron chi connectivity index (χ0n) is 9.17. The van der Waals surface area contributed by atoms with Gasteiger partial charge in [-0.3, -0.25) is 0 Å². The van der Waals surface area contributed by atoms with Crippen LogP contribution in [0.25, 0.3) is 11.2 Å². The molecule has 0 radical (unpaired) electrons. The molecule has 0 aliphatic carbocycles. The SMILES string of the molecule is CCOC(=O)c1ncc2ncn(CC)c2n1. The van der Waals surface area contributed by atoms with Crippen molar-refractivity contribution in [1.29, 1.82) is 0 Å². The first-order chi connectivity index (χ1) is 7.76. The molecule has 84 valence electrons. The van der Waals surface area contributed by atoms with E-state index < -0.39 is 5.97 Å². The Kier molecular flexibility index (Phi) is 2.80. The van der Waals surface area contributed by atoms with Gasteiger partial charge in [0.05, 0.1) is 19.1 Å². The summed E-state index contributed by atoms with van der Waals surface area (Å²) < 4.78 is 6.68. The number of carbonyl (C=O) groups excluding carboxylic acids is 1. The molecule has 6 heteroatoms. The highest BCUT2D eigenvalue weighted by Gasteiger charge is 2.12. The Morgan fingerprint density at radius 2 is 2.25 bits per heavy atom. The van der Waals surface area contributed by atoms with Gasteiger partial charge >= 0.3 is 5.97 Å². The summed E-state index contributed by atoms with van der Waals surface area (Å²) >= 11 is 0. The number of hydrogen-bond donors (Lipinski definition) is 0. The van der Waals surface area contributed by atoms with Gasteiger partial charge in [0, 0.05) is 6.54 Å². The highest BCUT2D eigenvalue weighted by Crippen LogP contribution is 2.09. The molecule has 16 heavy (non-hydrogen) atoms. The Labute approximate surface area is 92.3 Å². The zero-order valence-corrected chi connectivity index (χ0v) is 9.17. The Hall–Kier alpha value is -1.98. The molecule has 2 aromatic heterocycles. The summed E-state index contributed by atoms with van der Waals surface area (Å²) in [6.45, 7) is 4.78. The van der Waals surface area contributed by atoms with Crippen molar-refractivity contribution in [3.05, 3.63) is 18.3 Å². The minimum atomic E-state index is -0.506. The van der Waals surface area contributed by atoms with Gasteiger partial charge in [-0.05, 0) is 13.8 Å². The minimum Gasteiger partial charge on any atom is -0.460 e. The molecule has 0 atom stereocenters. The lowest BCUT2D eigenvalue weighted by Gasteiger charge is -2.01. The Balaban J connectivity index is 2.45. The van der Waals surface area contributed by atoms with E-state index in [0.717, 1.165) is 6.54 Å². The van der Waals surface area contributed by atoms with E-state index in [1.54, 1.807) is 13.3 Å². The van der Waals surface area contributed by atoms with E-state index in [-0.39, 0.29) is 5.82 Å². The van der Waals surface area contributed by atoms with Gasteiger partial charge in [-0.25, -0.2) is 19.7 Å². The molecule has 0 amide bonds. The molecule has 0 aromatic carbocycles. The number of rotatable bonds is 3. The molecular weight excluding hydrogens is 208 g/mol. The first kappa shape index (κ1) is 10.5. The van der Waals surface area contributed by atoms with Gasteiger partial charge in [0.2, 0.25) is 5.82 Å². The van der Waals surface area contributed by atoms with Crippen LogP contribution < -0.4 is 0 Å². The molecule has 0 fully saturated rings. The third kappa shape index (κ3) is 1.73. The van der Waals surface area contributed by atoms with Crippen LogP contribution in [0.4, 0.5) is 0 Å². The quantitative estimate of drug-likeness (QED) is 0.722. The summed E-state index contributed by atoms with van der Waals surface area (Å²) in [4.78, 5) is 23.6. The van der Waals surface area contributed by atoms with Crippen molar-refractivity contribution < 1.29 is 9.53 Å². The maximum absolute atomic E-state index is 11.4. The van der Waals surface area contributed by atoms with E-state index in [0.29, 0.717) is 17.8 Å². The molecule has 0 bridgehead atoms. The lowest BCUT2D eigenvalue weighted by atomic mass is 10.5. The molecular formula is C10H12N4O2. The second-order valence-electron chi connectivity index (χ2n) is 3.15. The van der Waals surface area contributed by atoms with Crippen LogP contribution >= 0.6 is 0 Å². The number of nitrogens with zero attached hydrogens (tertiary/aromatic N) is 4. The number of carbonyl (C=O) groups is 1. The fourth-order valence-corrected chi connectivity index (χ4v) is 1.38. The second kappa shape index (κ2) is 4.26. The number of esters is 1. The first-order valence-corrected chi connectivity index (χ1v) is 5.11. The van der Waals surface area contributed by atoms with Crippen LogP contribution in [0.15, 0.2) is 12.5 Å². The van der Waals surface area contributed by atoms with Crippen molar-refractivity contribution in [2.24, 2.45) is 0 Å². The van der Waals surface area contributed by atoms with Crippen molar-refractivity contribution in [2.75, 3.05) is 6.61 Å². The monoisotopic (exact) mass is 220 g/mol. The van der Waals surface area contributed by atoms with E-state index in [1.165, 1.54) is 6.20 Å². The lowest BCUT2D eigenvalue weighted by Crippen LogP contribution is -2.10. The van der Waals surface area contributed by atoms with Crippen LogP contribution in [0.5, 0.6) is 0 Å². The molecule has 0 aliphatic rings. The van der Waals surface area contributed by atoms with E-state index in [9.17, 15) is 4.79 Å². The molecule has 0 N–H and O–H groups in total. The molecule has 2 heterocycles. The third-order valence-electron chi connectivity index (χ3n) is 2.16. The van der Waals surface area contributed by atoms with Crippen molar-refractivity contribution in [3.8, 4) is 0 Å². The maximum atomic E-state index is 11.4. The van der Waals surface area contributed by atoms with Crippen molar-refractivity contribution in [2.45, 2.75) is 20.4 Å². The molecule has 6 nitrogen and oxygen atoms in total. The van der Waals surface area contributed by atoms with Gasteiger partial charge in [0.1, 0.15) is 5.52 Å². The van der Waals surface area contributed by atoms with E-state index in [2.05, 4.69) is 15.0 Å². The molecule has 0 unspecified atom stereocenters. The smallest absolute Gasteiger partial charge is 0.376 e. The predicted molar refractivity (Wildman–Crippen MR) is 57.0 cm³/mol. The number of aryl methyl sites for hydroxylation is 1. The summed E-state index contributed by atoms with van der Waals surface area (Å²) in [6, 6.07) is 0. The number of aromatic nitrogens is 4. The second-order valence-corrected chi connectivity index (χ2v) is 3.15. The van der Waals surface area contributed by atoms with Gasteiger partial charge in [0.15, 0.2) is 5.65 Å². The number of imidazole rings is 1. The molecule has 0 spiro atoms. The fraction of sp³-hybridized carbons (Fsp3) is 0.400. The first-order valence-electron chi connectivity index (χ1n) is 5.11. The number of hydrogen-bond acceptors (Lipinski definition) is 5. The van der Waals surface area contributed by atoms with E-state index in [1.807, 2.05) is 11.5 Å². The van der Waals surface area contributed by atoms with Gasteiger partial charge < -0.3 is 9.30 Å². The normalized spacial score (nSPS) is 10.6. The standard InChI is InChI=1S/C10H12N4O2/c1-3-14-6-12-7-5-11-8(13-9(7)14)10(15)16-4-2/h5-6H,3-4H2,1-2H3. The summed E-state index contributed by atoms with van der Waals surface area (Å²) in [6.07, 6.45) is 3.20. The highest BCUT2D eigenvalue weighted by atomic mass is 16.5. The molecule has 2 rings (SSSR count). The Morgan fingerprint density at radius 3 is 2.94 bits per heavy atom. The third-order valence-corrected chi connectivity index (χ3v) is 2.16. The van der Waals surface area contributed by atoms with Crippen molar-refractivity contribution in [1.82, 2.24) is 19.5 Å². The van der Waals surface area contributed by atoms with Crippen molar-refractivity contribution >= 4 is 17.1 Å². The predicted octanol–water partition coefficient (Wildman–Crippen LogP) is 1.02. The Morgan fingerprint density at radius 1 is 1.44 bits per heavy atom. The summed E-state index contributed by atoms with van der Waals surface area (Å²) in [7, 11) is 0. The van der Waals surface area contributed by atoms with Crippen LogP contribution in [0.3, 0.4) is 0 Å². The molecule has 0 saturated carbocycles. The maximum Gasteiger partial charge on any atom is 0.376 e. The number of fused-ring (bicyclic) bond motifs is 1. The van der Waals surface area contributed by atoms with Gasteiger partial charge in [-0.2, -0.15) is 0 Å². The highest BCUT2D eigenvalue weighted by molar-refractivity contribution is 5.87. The Bertz CT molecular complexity index is 521. The zero-order chi connectivity index (χ0) is 11.5. The molecule has 0 saturated heterocycles. The van der Waals surface area contributed by atoms with Crippen molar-refractivity contribution in [3.63, 3.8) is 0 Å². The topological polar surface area (TPSA) is 69.9 Å². The molecule has 0 aliphatic heterocycles. The van der Waals surface area contributed by atoms with E-state index in [4.69, 9.17) is 4.74 Å². The van der Waals surface area contributed by atoms with E-state index >= 15 is 0 Å². The average Bonchev–Trinajstić information content (AvgIpc) is 2.71. The molecule has 2 aromatic rings. The largest absolute Gasteiger partial charge is 0.460 e. The lowest BCUT2D eigenvalue weighted by molar-refractivity contribution is 0.0512. The van der Waals surface area contributed by atoms with Gasteiger partial charge in [0.25, 0.3) is 0 Å². The van der Waals surface area contributed by atoms with Crippen LogP contribution in [0.2, 0.25) is 0 Å². The summed E-state index contributed by atoms with van der Waals surface area (Å²) in [5, 5.41) is 0. The summed E-state index contributed by atoms with van der Waals surface area (Å²) in [5.74, 6) is -0.433.